The fraction of sp³-hybridized carbons (Fsp3) is 0.600. The monoisotopic (exact) mass is 232 g/mol. The lowest BCUT2D eigenvalue weighted by atomic mass is 9.90. The molecule has 1 aromatic carbocycles. The molecule has 0 aromatic heterocycles. The summed E-state index contributed by atoms with van der Waals surface area (Å²) in [4.78, 5) is 2.55. The van der Waals surface area contributed by atoms with Crippen LogP contribution >= 0.6 is 0 Å². The summed E-state index contributed by atoms with van der Waals surface area (Å²) < 4.78 is 0. The zero-order valence-electron chi connectivity index (χ0n) is 11.2. The van der Waals surface area contributed by atoms with Crippen LogP contribution in [0.2, 0.25) is 0 Å². The first kappa shape index (κ1) is 12.6. The van der Waals surface area contributed by atoms with Crippen LogP contribution in [0.15, 0.2) is 24.3 Å². The molecule has 0 aliphatic carbocycles. The standard InChI is InChI=1S/C15H24N2/c1-4-17(12(2)3)11-14-10-16-9-13-7-5-6-8-15(13)14/h5-8,12,14,16H,4,9-11H2,1-3H3. The first-order chi connectivity index (χ1) is 8.22. The van der Waals surface area contributed by atoms with Gasteiger partial charge in [0.05, 0.1) is 0 Å². The highest BCUT2D eigenvalue weighted by molar-refractivity contribution is 5.32. The Morgan fingerprint density at radius 2 is 2.12 bits per heavy atom. The van der Waals surface area contributed by atoms with Gasteiger partial charge < -0.3 is 10.2 Å². The van der Waals surface area contributed by atoms with Gasteiger partial charge in [-0.2, -0.15) is 0 Å². The molecular formula is C15H24N2. The topological polar surface area (TPSA) is 15.3 Å². The van der Waals surface area contributed by atoms with E-state index in [1.807, 2.05) is 0 Å². The molecule has 0 spiro atoms. The molecule has 0 amide bonds. The van der Waals surface area contributed by atoms with Gasteiger partial charge in [-0.3, -0.25) is 0 Å². The van der Waals surface area contributed by atoms with Crippen molar-refractivity contribution in [3.8, 4) is 0 Å². The molecule has 1 atom stereocenters. The van der Waals surface area contributed by atoms with Gasteiger partial charge in [0.15, 0.2) is 0 Å². The van der Waals surface area contributed by atoms with Gasteiger partial charge in [0.2, 0.25) is 0 Å². The quantitative estimate of drug-likeness (QED) is 0.858. The minimum Gasteiger partial charge on any atom is -0.312 e. The summed E-state index contributed by atoms with van der Waals surface area (Å²) in [6, 6.07) is 9.50. The van der Waals surface area contributed by atoms with Gasteiger partial charge in [0.1, 0.15) is 0 Å². The SMILES string of the molecule is CCN(CC1CNCc2ccccc21)C(C)C. The van der Waals surface area contributed by atoms with Crippen molar-refractivity contribution in [3.05, 3.63) is 35.4 Å². The van der Waals surface area contributed by atoms with Gasteiger partial charge in [0, 0.05) is 31.6 Å². The van der Waals surface area contributed by atoms with E-state index < -0.39 is 0 Å². The van der Waals surface area contributed by atoms with Gasteiger partial charge in [0.25, 0.3) is 0 Å². The van der Waals surface area contributed by atoms with Crippen molar-refractivity contribution in [1.29, 1.82) is 0 Å². The third-order valence-corrected chi connectivity index (χ3v) is 3.79. The Hall–Kier alpha value is -0.860. The van der Waals surface area contributed by atoms with E-state index in [1.54, 1.807) is 5.56 Å². The highest BCUT2D eigenvalue weighted by Crippen LogP contribution is 2.25. The number of rotatable bonds is 4. The summed E-state index contributed by atoms with van der Waals surface area (Å²) in [6.07, 6.45) is 0. The minimum atomic E-state index is 0.633. The number of fused-ring (bicyclic) bond motifs is 1. The highest BCUT2D eigenvalue weighted by atomic mass is 15.1. The summed E-state index contributed by atoms with van der Waals surface area (Å²) in [5, 5.41) is 3.53. The molecular weight excluding hydrogens is 208 g/mol. The number of hydrogen-bond acceptors (Lipinski definition) is 2. The number of nitrogens with one attached hydrogen (secondary N) is 1. The lowest BCUT2D eigenvalue weighted by Gasteiger charge is -2.33. The van der Waals surface area contributed by atoms with Crippen molar-refractivity contribution < 1.29 is 0 Å². The summed E-state index contributed by atoms with van der Waals surface area (Å²) in [7, 11) is 0. The molecule has 0 fully saturated rings. The Bertz CT molecular complexity index is 360. The predicted octanol–water partition coefficient (Wildman–Crippen LogP) is 2.60. The second kappa shape index (κ2) is 5.65. The van der Waals surface area contributed by atoms with Gasteiger partial charge in [-0.1, -0.05) is 31.2 Å². The summed E-state index contributed by atoms with van der Waals surface area (Å²) in [5.41, 5.74) is 3.02. The van der Waals surface area contributed by atoms with E-state index in [9.17, 15) is 0 Å². The van der Waals surface area contributed by atoms with E-state index in [0.717, 1.165) is 26.2 Å². The fourth-order valence-electron chi connectivity index (χ4n) is 2.74. The molecule has 1 aliphatic heterocycles. The second-order valence-corrected chi connectivity index (χ2v) is 5.21. The van der Waals surface area contributed by atoms with E-state index in [1.165, 1.54) is 5.56 Å². The Kier molecular flexibility index (Phi) is 4.19. The third-order valence-electron chi connectivity index (χ3n) is 3.79. The van der Waals surface area contributed by atoms with Gasteiger partial charge in [-0.05, 0) is 31.5 Å². The number of benzene rings is 1. The molecule has 0 saturated carbocycles. The minimum absolute atomic E-state index is 0.633. The molecule has 94 valence electrons. The molecule has 0 saturated heterocycles. The number of nitrogens with zero attached hydrogens (tertiary/aromatic N) is 1. The van der Waals surface area contributed by atoms with E-state index >= 15 is 0 Å². The summed E-state index contributed by atoms with van der Waals surface area (Å²) in [6.45, 7) is 11.3. The van der Waals surface area contributed by atoms with Gasteiger partial charge in [-0.25, -0.2) is 0 Å². The largest absolute Gasteiger partial charge is 0.312 e. The smallest absolute Gasteiger partial charge is 0.0208 e. The Labute approximate surface area is 105 Å². The van der Waals surface area contributed by atoms with Crippen LogP contribution in [0.1, 0.15) is 37.8 Å². The average Bonchev–Trinajstić information content (AvgIpc) is 2.35. The van der Waals surface area contributed by atoms with E-state index in [-0.39, 0.29) is 0 Å². The molecule has 1 aromatic rings. The van der Waals surface area contributed by atoms with Gasteiger partial charge in [-0.15, -0.1) is 0 Å². The molecule has 0 bridgehead atoms. The van der Waals surface area contributed by atoms with Crippen molar-refractivity contribution in [2.45, 2.75) is 39.3 Å². The predicted molar refractivity (Wildman–Crippen MR) is 73.3 cm³/mol. The van der Waals surface area contributed by atoms with Crippen molar-refractivity contribution >= 4 is 0 Å². The number of likely N-dealkylation sites (N-methyl/N-ethyl adjacent to an activating group) is 1. The normalized spacial score (nSPS) is 19.7. The van der Waals surface area contributed by atoms with E-state index in [4.69, 9.17) is 0 Å². The third kappa shape index (κ3) is 2.88. The number of hydrogen-bond donors (Lipinski definition) is 1. The van der Waals surface area contributed by atoms with Crippen LogP contribution in [0.4, 0.5) is 0 Å². The first-order valence-corrected chi connectivity index (χ1v) is 6.75. The zero-order valence-corrected chi connectivity index (χ0v) is 11.2. The van der Waals surface area contributed by atoms with Crippen LogP contribution in [0.25, 0.3) is 0 Å². The van der Waals surface area contributed by atoms with Crippen LogP contribution in [0, 0.1) is 0 Å². The first-order valence-electron chi connectivity index (χ1n) is 6.75. The van der Waals surface area contributed by atoms with Crippen LogP contribution in [0.5, 0.6) is 0 Å². The molecule has 1 aliphatic rings. The van der Waals surface area contributed by atoms with Crippen LogP contribution in [0.3, 0.4) is 0 Å². The van der Waals surface area contributed by atoms with Crippen LogP contribution in [-0.2, 0) is 6.54 Å². The van der Waals surface area contributed by atoms with Crippen molar-refractivity contribution in [2.75, 3.05) is 19.6 Å². The second-order valence-electron chi connectivity index (χ2n) is 5.21. The molecule has 0 radical (unpaired) electrons. The summed E-state index contributed by atoms with van der Waals surface area (Å²) in [5.74, 6) is 0.641. The zero-order chi connectivity index (χ0) is 12.3. The maximum Gasteiger partial charge on any atom is 0.0208 e. The molecule has 1 unspecified atom stereocenters. The van der Waals surface area contributed by atoms with Crippen molar-refractivity contribution in [2.24, 2.45) is 0 Å². The Balaban J connectivity index is 2.13. The Morgan fingerprint density at radius 3 is 2.82 bits per heavy atom. The Morgan fingerprint density at radius 1 is 1.35 bits per heavy atom. The van der Waals surface area contributed by atoms with Crippen molar-refractivity contribution in [1.82, 2.24) is 10.2 Å². The fourth-order valence-corrected chi connectivity index (χ4v) is 2.74. The molecule has 2 rings (SSSR count). The maximum atomic E-state index is 3.53. The molecule has 2 heteroatoms. The van der Waals surface area contributed by atoms with Crippen molar-refractivity contribution in [3.63, 3.8) is 0 Å². The molecule has 2 nitrogen and oxygen atoms in total. The molecule has 1 N–H and O–H groups in total. The van der Waals surface area contributed by atoms with Crippen LogP contribution < -0.4 is 5.32 Å². The summed E-state index contributed by atoms with van der Waals surface area (Å²) >= 11 is 0. The highest BCUT2D eigenvalue weighted by Gasteiger charge is 2.22. The van der Waals surface area contributed by atoms with Crippen LogP contribution in [-0.4, -0.2) is 30.6 Å². The van der Waals surface area contributed by atoms with Gasteiger partial charge >= 0.3 is 0 Å². The lowest BCUT2D eigenvalue weighted by molar-refractivity contribution is 0.214. The lowest BCUT2D eigenvalue weighted by Crippen LogP contribution is -2.39. The average molecular weight is 232 g/mol. The van der Waals surface area contributed by atoms with E-state index in [0.29, 0.717) is 12.0 Å². The molecule has 17 heavy (non-hydrogen) atoms. The maximum absolute atomic E-state index is 3.53. The molecule has 1 heterocycles. The van der Waals surface area contributed by atoms with E-state index in [2.05, 4.69) is 55.3 Å².